The molecule has 1 saturated carbocycles. The molecule has 84 valence electrons. The van der Waals surface area contributed by atoms with Crippen LogP contribution in [0.25, 0.3) is 11.0 Å². The molecule has 1 aromatic carbocycles. The molecule has 1 aliphatic carbocycles. The third-order valence-corrected chi connectivity index (χ3v) is 3.36. The van der Waals surface area contributed by atoms with Crippen LogP contribution < -0.4 is 0 Å². The van der Waals surface area contributed by atoms with Crippen LogP contribution in [-0.2, 0) is 0 Å². The van der Waals surface area contributed by atoms with Crippen LogP contribution in [0.2, 0.25) is 0 Å². The van der Waals surface area contributed by atoms with Crippen molar-refractivity contribution < 1.29 is 13.9 Å². The van der Waals surface area contributed by atoms with Gasteiger partial charge in [0.15, 0.2) is 0 Å². The maximum atomic E-state index is 13.8. The Labute approximate surface area is 92.7 Å². The van der Waals surface area contributed by atoms with E-state index in [9.17, 15) is 4.39 Å². The molecule has 0 saturated heterocycles. The fourth-order valence-corrected chi connectivity index (χ4v) is 2.36. The number of alkyl halides is 1. The summed E-state index contributed by atoms with van der Waals surface area (Å²) in [6.07, 6.45) is 0.410. The van der Waals surface area contributed by atoms with Crippen LogP contribution >= 0.6 is 0 Å². The predicted molar refractivity (Wildman–Crippen MR) is 59.2 cm³/mol. The molecule has 1 aromatic heterocycles. The van der Waals surface area contributed by atoms with E-state index in [4.69, 9.17) is 9.52 Å². The highest BCUT2D eigenvalue weighted by molar-refractivity contribution is 5.83. The highest BCUT2D eigenvalue weighted by atomic mass is 19.1. The average Bonchev–Trinajstić information content (AvgIpc) is 2.79. The first kappa shape index (κ1) is 9.85. The Balaban J connectivity index is 2.11. The molecule has 1 N–H and O–H groups in total. The second kappa shape index (κ2) is 3.08. The summed E-state index contributed by atoms with van der Waals surface area (Å²) in [6.45, 7) is 1.48. The number of benzene rings is 1. The lowest BCUT2D eigenvalue weighted by atomic mass is 10.0. The Kier molecular flexibility index (Phi) is 1.89. The second-order valence-corrected chi connectivity index (χ2v) is 4.57. The Hall–Kier alpha value is -1.35. The van der Waals surface area contributed by atoms with Gasteiger partial charge in [-0.15, -0.1) is 0 Å². The average molecular weight is 220 g/mol. The summed E-state index contributed by atoms with van der Waals surface area (Å²) in [5.41, 5.74) is 0.326. The van der Waals surface area contributed by atoms with Crippen LogP contribution in [0.4, 0.5) is 4.39 Å². The van der Waals surface area contributed by atoms with Gasteiger partial charge in [-0.3, -0.25) is 0 Å². The van der Waals surface area contributed by atoms with Gasteiger partial charge in [-0.25, -0.2) is 4.39 Å². The van der Waals surface area contributed by atoms with Gasteiger partial charge in [-0.1, -0.05) is 12.1 Å². The van der Waals surface area contributed by atoms with Crippen molar-refractivity contribution in [3.8, 4) is 0 Å². The van der Waals surface area contributed by atoms with Crippen LogP contribution in [0.15, 0.2) is 28.7 Å². The molecular formula is C13H13FO2. The van der Waals surface area contributed by atoms with Crippen LogP contribution in [0.5, 0.6) is 0 Å². The lowest BCUT2D eigenvalue weighted by molar-refractivity contribution is 0.155. The quantitative estimate of drug-likeness (QED) is 0.844. The molecule has 2 nitrogen and oxygen atoms in total. The molecule has 3 heteroatoms. The maximum Gasteiger partial charge on any atom is 0.141 e. The van der Waals surface area contributed by atoms with Crippen molar-refractivity contribution in [3.63, 3.8) is 0 Å². The summed E-state index contributed by atoms with van der Waals surface area (Å²) in [4.78, 5) is 0. The van der Waals surface area contributed by atoms with Gasteiger partial charge >= 0.3 is 0 Å². The van der Waals surface area contributed by atoms with E-state index in [0.29, 0.717) is 6.42 Å². The topological polar surface area (TPSA) is 33.4 Å². The first-order valence-electron chi connectivity index (χ1n) is 5.43. The Morgan fingerprint density at radius 2 is 2.38 bits per heavy atom. The van der Waals surface area contributed by atoms with E-state index in [2.05, 4.69) is 0 Å². The zero-order valence-electron chi connectivity index (χ0n) is 9.03. The summed E-state index contributed by atoms with van der Waals surface area (Å²) >= 11 is 0. The molecule has 1 fully saturated rings. The number of furan rings is 1. The number of aliphatic hydroxyl groups excluding tert-OH is 1. The van der Waals surface area contributed by atoms with Crippen molar-refractivity contribution in [1.29, 1.82) is 0 Å². The standard InChI is InChI=1S/C13H13FO2/c1-8-5-10-9(3-2-4-12(10)16-8)11-6-13(11,14)7-15/h2-5,11,15H,6-7H2,1H3. The molecule has 1 heterocycles. The molecule has 0 bridgehead atoms. The van der Waals surface area contributed by atoms with Gasteiger partial charge in [0.2, 0.25) is 0 Å². The molecule has 16 heavy (non-hydrogen) atoms. The van der Waals surface area contributed by atoms with E-state index in [1.807, 2.05) is 31.2 Å². The van der Waals surface area contributed by atoms with Gasteiger partial charge in [0.25, 0.3) is 0 Å². The van der Waals surface area contributed by atoms with E-state index in [1.165, 1.54) is 0 Å². The predicted octanol–water partition coefficient (Wildman–Crippen LogP) is 2.93. The molecule has 0 amide bonds. The van der Waals surface area contributed by atoms with Crippen LogP contribution in [0.3, 0.4) is 0 Å². The number of halogens is 1. The van der Waals surface area contributed by atoms with Crippen molar-refractivity contribution in [2.45, 2.75) is 24.9 Å². The minimum absolute atomic E-state index is 0.182. The fraction of sp³-hybridized carbons (Fsp3) is 0.385. The summed E-state index contributed by atoms with van der Waals surface area (Å²) < 4.78 is 19.3. The molecule has 2 aromatic rings. The van der Waals surface area contributed by atoms with Gasteiger partial charge in [0, 0.05) is 11.3 Å². The fourth-order valence-electron chi connectivity index (χ4n) is 2.36. The number of rotatable bonds is 2. The molecule has 1 aliphatic rings. The first-order valence-corrected chi connectivity index (χ1v) is 5.43. The highest BCUT2D eigenvalue weighted by Crippen LogP contribution is 2.55. The largest absolute Gasteiger partial charge is 0.461 e. The molecule has 0 radical (unpaired) electrons. The summed E-state index contributed by atoms with van der Waals surface area (Å²) in [6, 6.07) is 7.60. The number of aryl methyl sites for hydroxylation is 1. The Morgan fingerprint density at radius 3 is 3.06 bits per heavy atom. The van der Waals surface area contributed by atoms with Crippen molar-refractivity contribution >= 4 is 11.0 Å². The third kappa shape index (κ3) is 1.28. The zero-order valence-corrected chi connectivity index (χ0v) is 9.03. The highest BCUT2D eigenvalue weighted by Gasteiger charge is 2.56. The Morgan fingerprint density at radius 1 is 1.56 bits per heavy atom. The van der Waals surface area contributed by atoms with Crippen molar-refractivity contribution in [2.75, 3.05) is 6.61 Å². The van der Waals surface area contributed by atoms with E-state index >= 15 is 0 Å². The molecule has 0 spiro atoms. The molecule has 2 atom stereocenters. The van der Waals surface area contributed by atoms with Crippen molar-refractivity contribution in [3.05, 3.63) is 35.6 Å². The van der Waals surface area contributed by atoms with Gasteiger partial charge in [-0.2, -0.15) is 0 Å². The van der Waals surface area contributed by atoms with Crippen molar-refractivity contribution in [2.24, 2.45) is 0 Å². The van der Waals surface area contributed by atoms with Crippen LogP contribution in [-0.4, -0.2) is 17.4 Å². The third-order valence-electron chi connectivity index (χ3n) is 3.36. The molecule has 2 unspecified atom stereocenters. The SMILES string of the molecule is Cc1cc2c(C3CC3(F)CO)cccc2o1. The zero-order chi connectivity index (χ0) is 11.3. The maximum absolute atomic E-state index is 13.8. The van der Waals surface area contributed by atoms with Gasteiger partial charge < -0.3 is 9.52 Å². The normalized spacial score (nSPS) is 28.6. The summed E-state index contributed by atoms with van der Waals surface area (Å²) in [5, 5.41) is 9.95. The van der Waals surface area contributed by atoms with Crippen LogP contribution in [0, 0.1) is 6.92 Å². The summed E-state index contributed by atoms with van der Waals surface area (Å²) in [5.74, 6) is 0.648. The lowest BCUT2D eigenvalue weighted by Crippen LogP contribution is -2.09. The number of hydrogen-bond acceptors (Lipinski definition) is 2. The van der Waals surface area contributed by atoms with E-state index in [-0.39, 0.29) is 5.92 Å². The van der Waals surface area contributed by atoms with Gasteiger partial charge in [-0.05, 0) is 31.0 Å². The Bertz CT molecular complexity index is 546. The van der Waals surface area contributed by atoms with Crippen molar-refractivity contribution in [1.82, 2.24) is 0 Å². The van der Waals surface area contributed by atoms with Gasteiger partial charge in [0.05, 0.1) is 6.61 Å². The van der Waals surface area contributed by atoms with Crippen LogP contribution in [0.1, 0.15) is 23.7 Å². The smallest absolute Gasteiger partial charge is 0.141 e. The van der Waals surface area contributed by atoms with E-state index in [1.54, 1.807) is 0 Å². The molecule has 0 aliphatic heterocycles. The number of hydrogen-bond donors (Lipinski definition) is 1. The lowest BCUT2D eigenvalue weighted by Gasteiger charge is -2.04. The van der Waals surface area contributed by atoms with E-state index in [0.717, 1.165) is 22.3 Å². The van der Waals surface area contributed by atoms with Gasteiger partial charge in [0.1, 0.15) is 17.0 Å². The number of fused-ring (bicyclic) bond motifs is 1. The minimum atomic E-state index is -1.42. The summed E-state index contributed by atoms with van der Waals surface area (Å²) in [7, 11) is 0. The molecule has 3 rings (SSSR count). The first-order chi connectivity index (χ1) is 7.64. The second-order valence-electron chi connectivity index (χ2n) is 4.57. The monoisotopic (exact) mass is 220 g/mol. The number of aliphatic hydroxyl groups is 1. The minimum Gasteiger partial charge on any atom is -0.461 e. The molecular weight excluding hydrogens is 207 g/mol. The van der Waals surface area contributed by atoms with E-state index < -0.39 is 12.3 Å².